The van der Waals surface area contributed by atoms with Gasteiger partial charge in [-0.15, -0.1) is 0 Å². The SMILES string of the molecule is CCOC(=O)CNc1cc(Br)nc(C2CC2)n1. The molecule has 17 heavy (non-hydrogen) atoms. The Morgan fingerprint density at radius 1 is 1.59 bits per heavy atom. The van der Waals surface area contributed by atoms with E-state index < -0.39 is 0 Å². The predicted molar refractivity (Wildman–Crippen MR) is 66.8 cm³/mol. The molecule has 0 amide bonds. The zero-order valence-corrected chi connectivity index (χ0v) is 11.2. The van der Waals surface area contributed by atoms with Crippen molar-refractivity contribution in [2.45, 2.75) is 25.7 Å². The number of esters is 1. The third kappa shape index (κ3) is 3.66. The fourth-order valence-corrected chi connectivity index (χ4v) is 1.82. The Morgan fingerprint density at radius 2 is 2.35 bits per heavy atom. The van der Waals surface area contributed by atoms with Crippen LogP contribution in [0.15, 0.2) is 10.7 Å². The number of carbonyl (C=O) groups is 1. The maximum absolute atomic E-state index is 11.2. The average Bonchev–Trinajstić information content (AvgIpc) is 3.10. The number of hydrogen-bond acceptors (Lipinski definition) is 5. The van der Waals surface area contributed by atoms with Crippen LogP contribution in [0.4, 0.5) is 5.82 Å². The number of nitrogens with zero attached hydrogens (tertiary/aromatic N) is 2. The Kier molecular flexibility index (Phi) is 3.93. The van der Waals surface area contributed by atoms with Crippen LogP contribution in [0.25, 0.3) is 0 Å². The molecule has 1 aromatic heterocycles. The molecule has 0 bridgehead atoms. The van der Waals surface area contributed by atoms with E-state index in [1.807, 2.05) is 0 Å². The van der Waals surface area contributed by atoms with Crippen LogP contribution < -0.4 is 5.32 Å². The van der Waals surface area contributed by atoms with E-state index in [1.54, 1.807) is 13.0 Å². The van der Waals surface area contributed by atoms with Crippen LogP contribution in [-0.4, -0.2) is 29.1 Å². The number of hydrogen-bond donors (Lipinski definition) is 1. The molecule has 1 aliphatic carbocycles. The first-order valence-corrected chi connectivity index (χ1v) is 6.42. The third-order valence-electron chi connectivity index (χ3n) is 2.37. The van der Waals surface area contributed by atoms with Gasteiger partial charge >= 0.3 is 5.97 Å². The molecular weight excluding hydrogens is 286 g/mol. The first-order chi connectivity index (χ1) is 8.19. The molecule has 0 saturated heterocycles. The van der Waals surface area contributed by atoms with Gasteiger partial charge in [0.2, 0.25) is 0 Å². The van der Waals surface area contributed by atoms with Crippen molar-refractivity contribution < 1.29 is 9.53 Å². The molecule has 0 aromatic carbocycles. The molecule has 0 unspecified atom stereocenters. The number of carbonyl (C=O) groups excluding carboxylic acids is 1. The predicted octanol–water partition coefficient (Wildman–Crippen LogP) is 2.09. The summed E-state index contributed by atoms with van der Waals surface area (Å²) in [5.41, 5.74) is 0. The molecular formula is C11H14BrN3O2. The first kappa shape index (κ1) is 12.3. The van der Waals surface area contributed by atoms with Crippen LogP contribution in [0, 0.1) is 0 Å². The Bertz CT molecular complexity index is 421. The third-order valence-corrected chi connectivity index (χ3v) is 2.78. The molecule has 2 rings (SSSR count). The van der Waals surface area contributed by atoms with Gasteiger partial charge in [0.15, 0.2) is 0 Å². The van der Waals surface area contributed by atoms with Crippen molar-refractivity contribution in [1.82, 2.24) is 9.97 Å². The van der Waals surface area contributed by atoms with Crippen molar-refractivity contribution in [2.24, 2.45) is 0 Å². The summed E-state index contributed by atoms with van der Waals surface area (Å²) in [7, 11) is 0. The summed E-state index contributed by atoms with van der Waals surface area (Å²) in [6.07, 6.45) is 2.29. The van der Waals surface area contributed by atoms with E-state index in [4.69, 9.17) is 4.74 Å². The highest BCUT2D eigenvalue weighted by atomic mass is 79.9. The smallest absolute Gasteiger partial charge is 0.325 e. The van der Waals surface area contributed by atoms with Crippen molar-refractivity contribution >= 4 is 27.7 Å². The lowest BCUT2D eigenvalue weighted by Crippen LogP contribution is -2.17. The van der Waals surface area contributed by atoms with Gasteiger partial charge in [-0.3, -0.25) is 4.79 Å². The molecule has 1 saturated carbocycles. The lowest BCUT2D eigenvalue weighted by atomic mass is 10.4. The maximum atomic E-state index is 11.2. The molecule has 1 aliphatic rings. The zero-order valence-electron chi connectivity index (χ0n) is 9.57. The second-order valence-corrected chi connectivity index (χ2v) is 4.68. The number of ether oxygens (including phenoxy) is 1. The minimum absolute atomic E-state index is 0.126. The number of nitrogens with one attached hydrogen (secondary N) is 1. The van der Waals surface area contributed by atoms with E-state index in [2.05, 4.69) is 31.2 Å². The number of halogens is 1. The Labute approximate surface area is 108 Å². The van der Waals surface area contributed by atoms with Crippen LogP contribution in [-0.2, 0) is 9.53 Å². The van der Waals surface area contributed by atoms with Crippen molar-refractivity contribution in [3.8, 4) is 0 Å². The van der Waals surface area contributed by atoms with Gasteiger partial charge in [0, 0.05) is 12.0 Å². The fraction of sp³-hybridized carbons (Fsp3) is 0.545. The standard InChI is InChI=1S/C11H14BrN3O2/c1-2-17-10(16)6-13-9-5-8(12)14-11(15-9)7-3-4-7/h5,7H,2-4,6H2,1H3,(H,13,14,15). The molecule has 1 N–H and O–H groups in total. The number of aromatic nitrogens is 2. The minimum atomic E-state index is -0.282. The van der Waals surface area contributed by atoms with Gasteiger partial charge in [-0.05, 0) is 35.7 Å². The van der Waals surface area contributed by atoms with Gasteiger partial charge < -0.3 is 10.1 Å². The van der Waals surface area contributed by atoms with E-state index in [9.17, 15) is 4.79 Å². The van der Waals surface area contributed by atoms with Crippen molar-refractivity contribution in [3.63, 3.8) is 0 Å². The second kappa shape index (κ2) is 5.44. The molecule has 0 radical (unpaired) electrons. The second-order valence-electron chi connectivity index (χ2n) is 3.87. The van der Waals surface area contributed by atoms with Crippen LogP contribution in [0.1, 0.15) is 31.5 Å². The van der Waals surface area contributed by atoms with Gasteiger partial charge in [-0.1, -0.05) is 0 Å². The topological polar surface area (TPSA) is 64.1 Å². The van der Waals surface area contributed by atoms with E-state index in [0.29, 0.717) is 18.3 Å². The van der Waals surface area contributed by atoms with E-state index >= 15 is 0 Å². The van der Waals surface area contributed by atoms with E-state index in [0.717, 1.165) is 23.3 Å². The maximum Gasteiger partial charge on any atom is 0.325 e. The van der Waals surface area contributed by atoms with Gasteiger partial charge in [-0.25, -0.2) is 9.97 Å². The summed E-state index contributed by atoms with van der Waals surface area (Å²) in [4.78, 5) is 19.9. The number of rotatable bonds is 5. The fourth-order valence-electron chi connectivity index (χ4n) is 1.42. The zero-order chi connectivity index (χ0) is 12.3. The molecule has 0 atom stereocenters. The highest BCUT2D eigenvalue weighted by Crippen LogP contribution is 2.38. The summed E-state index contributed by atoms with van der Waals surface area (Å²) >= 11 is 3.34. The Balaban J connectivity index is 1.97. The Morgan fingerprint density at radius 3 is 3.00 bits per heavy atom. The molecule has 1 aromatic rings. The van der Waals surface area contributed by atoms with Crippen LogP contribution >= 0.6 is 15.9 Å². The van der Waals surface area contributed by atoms with Crippen molar-refractivity contribution in [3.05, 3.63) is 16.5 Å². The minimum Gasteiger partial charge on any atom is -0.465 e. The van der Waals surface area contributed by atoms with Crippen LogP contribution in [0.3, 0.4) is 0 Å². The quantitative estimate of drug-likeness (QED) is 0.666. The molecule has 0 aliphatic heterocycles. The lowest BCUT2D eigenvalue weighted by Gasteiger charge is -2.07. The van der Waals surface area contributed by atoms with Gasteiger partial charge in [-0.2, -0.15) is 0 Å². The molecule has 1 heterocycles. The highest BCUT2D eigenvalue weighted by molar-refractivity contribution is 9.10. The van der Waals surface area contributed by atoms with Gasteiger partial charge in [0.05, 0.1) is 6.61 Å². The highest BCUT2D eigenvalue weighted by Gasteiger charge is 2.27. The lowest BCUT2D eigenvalue weighted by molar-refractivity contribution is -0.140. The van der Waals surface area contributed by atoms with E-state index in [1.165, 1.54) is 0 Å². The molecule has 6 heteroatoms. The normalized spacial score (nSPS) is 14.5. The first-order valence-electron chi connectivity index (χ1n) is 5.63. The summed E-state index contributed by atoms with van der Waals surface area (Å²) in [5.74, 6) is 1.69. The molecule has 92 valence electrons. The van der Waals surface area contributed by atoms with Gasteiger partial charge in [0.1, 0.15) is 22.8 Å². The largest absolute Gasteiger partial charge is 0.465 e. The summed E-state index contributed by atoms with van der Waals surface area (Å²) in [6, 6.07) is 1.76. The monoisotopic (exact) mass is 299 g/mol. The van der Waals surface area contributed by atoms with Crippen molar-refractivity contribution in [1.29, 1.82) is 0 Å². The molecule has 0 spiro atoms. The summed E-state index contributed by atoms with van der Waals surface area (Å²) in [5, 5.41) is 2.94. The van der Waals surface area contributed by atoms with Crippen molar-refractivity contribution in [2.75, 3.05) is 18.5 Å². The number of anilines is 1. The summed E-state index contributed by atoms with van der Waals surface area (Å²) in [6.45, 7) is 2.30. The Hall–Kier alpha value is -1.17. The molecule has 1 fully saturated rings. The van der Waals surface area contributed by atoms with Crippen LogP contribution in [0.2, 0.25) is 0 Å². The molecule has 5 nitrogen and oxygen atoms in total. The van der Waals surface area contributed by atoms with E-state index in [-0.39, 0.29) is 12.5 Å². The average molecular weight is 300 g/mol. The van der Waals surface area contributed by atoms with Gasteiger partial charge in [0.25, 0.3) is 0 Å². The van der Waals surface area contributed by atoms with Crippen LogP contribution in [0.5, 0.6) is 0 Å². The summed E-state index contributed by atoms with van der Waals surface area (Å²) < 4.78 is 5.56.